The van der Waals surface area contributed by atoms with Crippen LogP contribution in [-0.2, 0) is 5.54 Å². The van der Waals surface area contributed by atoms with Crippen LogP contribution in [0.1, 0.15) is 32.8 Å². The van der Waals surface area contributed by atoms with Crippen LogP contribution in [0.2, 0.25) is 0 Å². The molecule has 0 aliphatic carbocycles. The third kappa shape index (κ3) is 3.78. The van der Waals surface area contributed by atoms with Gasteiger partial charge < -0.3 is 5.32 Å². The lowest BCUT2D eigenvalue weighted by Crippen LogP contribution is -2.61. The SMILES string of the molecule is CCSCCN1CC(C)(c2ccccc2)NCC1CC. The van der Waals surface area contributed by atoms with Crippen molar-refractivity contribution in [1.29, 1.82) is 0 Å². The van der Waals surface area contributed by atoms with Gasteiger partial charge in [-0.1, -0.05) is 44.2 Å². The first-order valence-electron chi connectivity index (χ1n) is 7.82. The molecule has 0 amide bonds. The van der Waals surface area contributed by atoms with Gasteiger partial charge in [-0.25, -0.2) is 0 Å². The van der Waals surface area contributed by atoms with E-state index in [4.69, 9.17) is 0 Å². The summed E-state index contributed by atoms with van der Waals surface area (Å²) in [6, 6.07) is 11.6. The van der Waals surface area contributed by atoms with Crippen molar-refractivity contribution in [3.05, 3.63) is 35.9 Å². The van der Waals surface area contributed by atoms with Crippen molar-refractivity contribution in [2.45, 2.75) is 38.8 Å². The predicted octanol–water partition coefficient (Wildman–Crippen LogP) is 3.34. The first kappa shape index (κ1) is 15.9. The lowest BCUT2D eigenvalue weighted by molar-refractivity contribution is 0.0896. The maximum atomic E-state index is 3.78. The van der Waals surface area contributed by atoms with Crippen LogP contribution < -0.4 is 5.32 Å². The summed E-state index contributed by atoms with van der Waals surface area (Å²) >= 11 is 2.05. The van der Waals surface area contributed by atoms with Crippen LogP contribution in [0.5, 0.6) is 0 Å². The number of rotatable bonds is 6. The summed E-state index contributed by atoms with van der Waals surface area (Å²) in [5.41, 5.74) is 1.49. The van der Waals surface area contributed by atoms with Gasteiger partial charge in [0.2, 0.25) is 0 Å². The third-order valence-electron chi connectivity index (χ3n) is 4.37. The zero-order valence-corrected chi connectivity index (χ0v) is 13.9. The van der Waals surface area contributed by atoms with Crippen molar-refractivity contribution in [2.75, 3.05) is 31.1 Å². The van der Waals surface area contributed by atoms with Crippen molar-refractivity contribution in [3.63, 3.8) is 0 Å². The molecule has 0 radical (unpaired) electrons. The standard InChI is InChI=1S/C17H28N2S/c1-4-16-13-18-17(3,15-9-7-6-8-10-15)14-19(16)11-12-20-5-2/h6-10,16,18H,4-5,11-14H2,1-3H3. The van der Waals surface area contributed by atoms with Crippen LogP contribution in [0.3, 0.4) is 0 Å². The lowest BCUT2D eigenvalue weighted by Gasteiger charge is -2.46. The number of benzene rings is 1. The molecule has 1 heterocycles. The molecule has 112 valence electrons. The number of piperazine rings is 1. The predicted molar refractivity (Wildman–Crippen MR) is 90.4 cm³/mol. The maximum Gasteiger partial charge on any atom is 0.0535 e. The number of hydrogen-bond acceptors (Lipinski definition) is 3. The fourth-order valence-electron chi connectivity index (χ4n) is 3.05. The number of nitrogens with one attached hydrogen (secondary N) is 1. The van der Waals surface area contributed by atoms with Crippen molar-refractivity contribution in [2.24, 2.45) is 0 Å². The molecule has 20 heavy (non-hydrogen) atoms. The summed E-state index contributed by atoms with van der Waals surface area (Å²) < 4.78 is 0. The second-order valence-corrected chi connectivity index (χ2v) is 7.20. The van der Waals surface area contributed by atoms with E-state index in [1.54, 1.807) is 0 Å². The molecule has 1 aliphatic rings. The third-order valence-corrected chi connectivity index (χ3v) is 5.25. The minimum atomic E-state index is 0.0871. The number of nitrogens with zero attached hydrogens (tertiary/aromatic N) is 1. The topological polar surface area (TPSA) is 15.3 Å². The molecule has 0 spiro atoms. The summed E-state index contributed by atoms with van der Waals surface area (Å²) in [7, 11) is 0. The summed E-state index contributed by atoms with van der Waals surface area (Å²) in [6.07, 6.45) is 1.23. The van der Waals surface area contributed by atoms with E-state index in [1.807, 2.05) is 11.8 Å². The van der Waals surface area contributed by atoms with Gasteiger partial charge in [0.15, 0.2) is 0 Å². The van der Waals surface area contributed by atoms with Crippen molar-refractivity contribution in [3.8, 4) is 0 Å². The molecule has 0 aromatic heterocycles. The van der Waals surface area contributed by atoms with Gasteiger partial charge in [-0.15, -0.1) is 0 Å². The molecule has 2 atom stereocenters. The first-order valence-corrected chi connectivity index (χ1v) is 8.97. The van der Waals surface area contributed by atoms with Crippen molar-refractivity contribution >= 4 is 11.8 Å². The molecule has 1 fully saturated rings. The highest BCUT2D eigenvalue weighted by molar-refractivity contribution is 7.99. The van der Waals surface area contributed by atoms with Crippen LogP contribution in [0.25, 0.3) is 0 Å². The van der Waals surface area contributed by atoms with Gasteiger partial charge >= 0.3 is 0 Å². The smallest absolute Gasteiger partial charge is 0.0535 e. The van der Waals surface area contributed by atoms with Gasteiger partial charge in [0.05, 0.1) is 5.54 Å². The van der Waals surface area contributed by atoms with Gasteiger partial charge in [-0.3, -0.25) is 4.90 Å². The second kappa shape index (κ2) is 7.48. The molecule has 3 heteroatoms. The van der Waals surface area contributed by atoms with Gasteiger partial charge in [0, 0.05) is 31.4 Å². The highest BCUT2D eigenvalue weighted by Gasteiger charge is 2.35. The Balaban J connectivity index is 2.06. The van der Waals surface area contributed by atoms with E-state index in [0.29, 0.717) is 6.04 Å². The van der Waals surface area contributed by atoms with E-state index < -0.39 is 0 Å². The Morgan fingerprint density at radius 1 is 1.30 bits per heavy atom. The molecule has 2 unspecified atom stereocenters. The Hall–Kier alpha value is -0.510. The molecule has 0 bridgehead atoms. The zero-order valence-electron chi connectivity index (χ0n) is 13.1. The van der Waals surface area contributed by atoms with Crippen molar-refractivity contribution < 1.29 is 0 Å². The Bertz CT molecular complexity index is 395. The van der Waals surface area contributed by atoms with Crippen LogP contribution in [0.15, 0.2) is 30.3 Å². The van der Waals surface area contributed by atoms with E-state index in [2.05, 4.69) is 61.3 Å². The summed E-state index contributed by atoms with van der Waals surface area (Å²) in [5, 5.41) is 3.78. The second-order valence-electron chi connectivity index (χ2n) is 5.81. The molecular weight excluding hydrogens is 264 g/mol. The van der Waals surface area contributed by atoms with Crippen LogP contribution in [-0.4, -0.2) is 42.1 Å². The Kier molecular flexibility index (Phi) is 5.94. The molecule has 2 rings (SSSR count). The van der Waals surface area contributed by atoms with Crippen LogP contribution in [0.4, 0.5) is 0 Å². The van der Waals surface area contributed by atoms with Crippen LogP contribution in [0, 0.1) is 0 Å². The number of thioether (sulfide) groups is 1. The van der Waals surface area contributed by atoms with Crippen molar-refractivity contribution in [1.82, 2.24) is 10.2 Å². The van der Waals surface area contributed by atoms with Gasteiger partial charge in [0.25, 0.3) is 0 Å². The minimum Gasteiger partial charge on any atom is -0.305 e. The van der Waals surface area contributed by atoms with E-state index in [1.165, 1.54) is 30.0 Å². The average Bonchev–Trinajstić information content (AvgIpc) is 2.49. The lowest BCUT2D eigenvalue weighted by atomic mass is 9.88. The molecule has 2 nitrogen and oxygen atoms in total. The van der Waals surface area contributed by atoms with E-state index in [-0.39, 0.29) is 5.54 Å². The summed E-state index contributed by atoms with van der Waals surface area (Å²) in [4.78, 5) is 2.69. The van der Waals surface area contributed by atoms with E-state index >= 15 is 0 Å². The molecular formula is C17H28N2S. The molecule has 1 aliphatic heterocycles. The summed E-state index contributed by atoms with van der Waals surface area (Å²) in [6.45, 7) is 10.3. The summed E-state index contributed by atoms with van der Waals surface area (Å²) in [5.74, 6) is 2.47. The van der Waals surface area contributed by atoms with Crippen LogP contribution >= 0.6 is 11.8 Å². The highest BCUT2D eigenvalue weighted by atomic mass is 32.2. The van der Waals surface area contributed by atoms with E-state index in [9.17, 15) is 0 Å². The zero-order chi connectivity index (χ0) is 14.4. The Morgan fingerprint density at radius 3 is 2.70 bits per heavy atom. The molecule has 1 N–H and O–H groups in total. The normalized spacial score (nSPS) is 27.6. The van der Waals surface area contributed by atoms with Gasteiger partial charge in [-0.05, 0) is 24.7 Å². The van der Waals surface area contributed by atoms with Gasteiger partial charge in [-0.2, -0.15) is 11.8 Å². The molecule has 0 saturated carbocycles. The van der Waals surface area contributed by atoms with Gasteiger partial charge in [0.1, 0.15) is 0 Å². The highest BCUT2D eigenvalue weighted by Crippen LogP contribution is 2.27. The molecule has 1 saturated heterocycles. The number of hydrogen-bond donors (Lipinski definition) is 1. The largest absolute Gasteiger partial charge is 0.305 e. The minimum absolute atomic E-state index is 0.0871. The fraction of sp³-hybridized carbons (Fsp3) is 0.647. The van der Waals surface area contributed by atoms with E-state index in [0.717, 1.165) is 13.1 Å². The molecule has 1 aromatic carbocycles. The average molecular weight is 292 g/mol. The Morgan fingerprint density at radius 2 is 2.05 bits per heavy atom. The maximum absolute atomic E-state index is 3.78. The fourth-order valence-corrected chi connectivity index (χ4v) is 3.71. The monoisotopic (exact) mass is 292 g/mol. The Labute approximate surface area is 128 Å². The quantitative estimate of drug-likeness (QED) is 0.810. The molecule has 1 aromatic rings. The first-order chi connectivity index (χ1) is 9.69.